The first-order valence-corrected chi connectivity index (χ1v) is 7.52. The zero-order chi connectivity index (χ0) is 12.8. The van der Waals surface area contributed by atoms with Gasteiger partial charge in [0.15, 0.2) is 0 Å². The Kier molecular flexibility index (Phi) is 5.17. The number of fused-ring (bicyclic) bond motifs is 1. The van der Waals surface area contributed by atoms with Crippen LogP contribution in [0, 0.1) is 0 Å². The second kappa shape index (κ2) is 6.88. The molecular formula is C15H21NOS. The smallest absolute Gasteiger partial charge is 0.0661 e. The second-order valence-electron chi connectivity index (χ2n) is 4.37. The Morgan fingerprint density at radius 3 is 2.89 bits per heavy atom. The lowest BCUT2D eigenvalue weighted by atomic mass is 10.1. The van der Waals surface area contributed by atoms with Crippen molar-refractivity contribution in [3.8, 4) is 0 Å². The summed E-state index contributed by atoms with van der Waals surface area (Å²) < 4.78 is 7.07. The van der Waals surface area contributed by atoms with Crippen LogP contribution in [0.25, 0.3) is 10.1 Å². The number of likely N-dealkylation sites (N-methyl/N-ethyl adjacent to an activating group) is 1. The molecule has 98 valence electrons. The van der Waals surface area contributed by atoms with E-state index in [0.717, 1.165) is 26.2 Å². The Balaban J connectivity index is 2.18. The topological polar surface area (TPSA) is 21.3 Å². The lowest BCUT2D eigenvalue weighted by Crippen LogP contribution is -2.25. The lowest BCUT2D eigenvalue weighted by molar-refractivity contribution is 0.113. The third-order valence-corrected chi connectivity index (χ3v) is 3.95. The van der Waals surface area contributed by atoms with Crippen LogP contribution in [-0.2, 0) is 4.74 Å². The van der Waals surface area contributed by atoms with Crippen molar-refractivity contribution in [1.29, 1.82) is 0 Å². The second-order valence-corrected chi connectivity index (χ2v) is 5.28. The van der Waals surface area contributed by atoms with Crippen molar-refractivity contribution in [2.75, 3.05) is 19.8 Å². The molecule has 2 nitrogen and oxygen atoms in total. The average Bonchev–Trinajstić information content (AvgIpc) is 2.82. The molecule has 1 N–H and O–H groups in total. The molecule has 0 spiro atoms. The molecule has 2 rings (SSSR count). The van der Waals surface area contributed by atoms with Gasteiger partial charge in [-0.25, -0.2) is 0 Å². The zero-order valence-corrected chi connectivity index (χ0v) is 11.9. The number of benzene rings is 1. The van der Waals surface area contributed by atoms with Gasteiger partial charge in [-0.05, 0) is 35.4 Å². The Labute approximate surface area is 113 Å². The average molecular weight is 263 g/mol. The SMILES string of the molecule is CCCOCC(NCC)c1csc2ccccc12. The third kappa shape index (κ3) is 3.10. The number of hydrogen-bond donors (Lipinski definition) is 1. The zero-order valence-electron chi connectivity index (χ0n) is 11.1. The summed E-state index contributed by atoms with van der Waals surface area (Å²) in [5, 5.41) is 7.13. The summed E-state index contributed by atoms with van der Waals surface area (Å²) in [7, 11) is 0. The van der Waals surface area contributed by atoms with Crippen molar-refractivity contribution in [2.45, 2.75) is 26.3 Å². The van der Waals surface area contributed by atoms with E-state index in [1.165, 1.54) is 15.6 Å². The van der Waals surface area contributed by atoms with Crippen molar-refractivity contribution in [3.05, 3.63) is 35.2 Å². The molecule has 0 amide bonds. The highest BCUT2D eigenvalue weighted by Gasteiger charge is 2.14. The van der Waals surface area contributed by atoms with Crippen LogP contribution < -0.4 is 5.32 Å². The summed E-state index contributed by atoms with van der Waals surface area (Å²) >= 11 is 1.81. The van der Waals surface area contributed by atoms with Gasteiger partial charge in [0.1, 0.15) is 0 Å². The summed E-state index contributed by atoms with van der Waals surface area (Å²) in [6.07, 6.45) is 1.07. The number of hydrogen-bond acceptors (Lipinski definition) is 3. The fourth-order valence-electron chi connectivity index (χ4n) is 2.12. The predicted molar refractivity (Wildman–Crippen MR) is 79.4 cm³/mol. The fraction of sp³-hybridized carbons (Fsp3) is 0.467. The van der Waals surface area contributed by atoms with E-state index in [0.29, 0.717) is 6.04 Å². The van der Waals surface area contributed by atoms with Crippen molar-refractivity contribution in [3.63, 3.8) is 0 Å². The van der Waals surface area contributed by atoms with Crippen molar-refractivity contribution in [2.24, 2.45) is 0 Å². The Morgan fingerprint density at radius 1 is 1.28 bits per heavy atom. The quantitative estimate of drug-likeness (QED) is 0.763. The van der Waals surface area contributed by atoms with Gasteiger partial charge in [0, 0.05) is 11.3 Å². The fourth-order valence-corrected chi connectivity index (χ4v) is 3.13. The highest BCUT2D eigenvalue weighted by atomic mass is 32.1. The predicted octanol–water partition coefficient (Wildman–Crippen LogP) is 3.98. The van der Waals surface area contributed by atoms with E-state index in [4.69, 9.17) is 4.74 Å². The van der Waals surface area contributed by atoms with Crippen molar-refractivity contribution >= 4 is 21.4 Å². The summed E-state index contributed by atoms with van der Waals surface area (Å²) in [5.74, 6) is 0. The first-order valence-electron chi connectivity index (χ1n) is 6.64. The Morgan fingerprint density at radius 2 is 2.11 bits per heavy atom. The first kappa shape index (κ1) is 13.5. The highest BCUT2D eigenvalue weighted by molar-refractivity contribution is 7.17. The van der Waals surface area contributed by atoms with Crippen LogP contribution in [0.4, 0.5) is 0 Å². The van der Waals surface area contributed by atoms with Crippen LogP contribution in [0.15, 0.2) is 29.6 Å². The molecule has 0 radical (unpaired) electrons. The van der Waals surface area contributed by atoms with Gasteiger partial charge in [-0.3, -0.25) is 0 Å². The van der Waals surface area contributed by atoms with Crippen LogP contribution in [0.5, 0.6) is 0 Å². The largest absolute Gasteiger partial charge is 0.379 e. The molecule has 18 heavy (non-hydrogen) atoms. The van der Waals surface area contributed by atoms with Gasteiger partial charge in [0.2, 0.25) is 0 Å². The maximum atomic E-state index is 5.71. The van der Waals surface area contributed by atoms with E-state index in [9.17, 15) is 0 Å². The minimum Gasteiger partial charge on any atom is -0.379 e. The first-order chi connectivity index (χ1) is 8.86. The minimum atomic E-state index is 0.303. The van der Waals surface area contributed by atoms with Gasteiger partial charge < -0.3 is 10.1 Å². The van der Waals surface area contributed by atoms with Crippen LogP contribution in [0.3, 0.4) is 0 Å². The molecule has 0 aliphatic rings. The summed E-state index contributed by atoms with van der Waals surface area (Å²) in [6, 6.07) is 8.88. The number of thiophene rings is 1. The Hall–Kier alpha value is -0.900. The van der Waals surface area contributed by atoms with Gasteiger partial charge in [0.05, 0.1) is 12.6 Å². The molecule has 0 fully saturated rings. The standard InChI is InChI=1S/C15H21NOS/c1-3-9-17-10-14(16-4-2)13-11-18-15-8-6-5-7-12(13)15/h5-8,11,14,16H,3-4,9-10H2,1-2H3. The minimum absolute atomic E-state index is 0.303. The number of nitrogens with one attached hydrogen (secondary N) is 1. The van der Waals surface area contributed by atoms with Gasteiger partial charge in [0.25, 0.3) is 0 Å². The van der Waals surface area contributed by atoms with E-state index in [2.05, 4.69) is 48.8 Å². The lowest BCUT2D eigenvalue weighted by Gasteiger charge is -2.17. The van der Waals surface area contributed by atoms with Gasteiger partial charge >= 0.3 is 0 Å². The van der Waals surface area contributed by atoms with Crippen LogP contribution in [0.2, 0.25) is 0 Å². The molecule has 0 aliphatic carbocycles. The normalized spacial score (nSPS) is 13.0. The molecule has 1 aromatic heterocycles. The van der Waals surface area contributed by atoms with Crippen LogP contribution >= 0.6 is 11.3 Å². The molecule has 0 aliphatic heterocycles. The Bertz CT molecular complexity index is 480. The maximum Gasteiger partial charge on any atom is 0.0661 e. The van der Waals surface area contributed by atoms with E-state index in [1.54, 1.807) is 0 Å². The molecule has 1 aromatic carbocycles. The van der Waals surface area contributed by atoms with Gasteiger partial charge in [-0.1, -0.05) is 32.0 Å². The highest BCUT2D eigenvalue weighted by Crippen LogP contribution is 2.30. The van der Waals surface area contributed by atoms with Gasteiger partial charge in [-0.2, -0.15) is 0 Å². The molecular weight excluding hydrogens is 242 g/mol. The maximum absolute atomic E-state index is 5.71. The van der Waals surface area contributed by atoms with E-state index in [1.807, 2.05) is 11.3 Å². The molecule has 0 saturated carbocycles. The number of rotatable bonds is 7. The van der Waals surface area contributed by atoms with E-state index < -0.39 is 0 Å². The monoisotopic (exact) mass is 263 g/mol. The molecule has 1 atom stereocenters. The van der Waals surface area contributed by atoms with Crippen LogP contribution in [-0.4, -0.2) is 19.8 Å². The summed E-state index contributed by atoms with van der Waals surface area (Å²) in [6.45, 7) is 6.83. The molecule has 0 bridgehead atoms. The van der Waals surface area contributed by atoms with Crippen LogP contribution in [0.1, 0.15) is 31.9 Å². The van der Waals surface area contributed by atoms with Crippen molar-refractivity contribution < 1.29 is 4.74 Å². The van der Waals surface area contributed by atoms with Gasteiger partial charge in [-0.15, -0.1) is 11.3 Å². The van der Waals surface area contributed by atoms with Crippen molar-refractivity contribution in [1.82, 2.24) is 5.32 Å². The van der Waals surface area contributed by atoms with E-state index >= 15 is 0 Å². The molecule has 2 aromatic rings. The third-order valence-electron chi connectivity index (χ3n) is 2.97. The van der Waals surface area contributed by atoms with E-state index in [-0.39, 0.29) is 0 Å². The molecule has 0 saturated heterocycles. The molecule has 1 unspecified atom stereocenters. The molecule has 3 heteroatoms. The molecule has 1 heterocycles. The summed E-state index contributed by atoms with van der Waals surface area (Å²) in [5.41, 5.74) is 1.37. The summed E-state index contributed by atoms with van der Waals surface area (Å²) in [4.78, 5) is 0. The number of ether oxygens (including phenoxy) is 1.